The summed E-state index contributed by atoms with van der Waals surface area (Å²) in [6.07, 6.45) is 4.17. The Labute approximate surface area is 124 Å². The van der Waals surface area contributed by atoms with Gasteiger partial charge in [0.05, 0.1) is 18.6 Å². The van der Waals surface area contributed by atoms with Crippen molar-refractivity contribution in [1.82, 2.24) is 15.4 Å². The van der Waals surface area contributed by atoms with E-state index in [1.54, 1.807) is 6.33 Å². The number of imidazole rings is 1. The number of halogens is 1. The monoisotopic (exact) mass is 338 g/mol. The zero-order valence-corrected chi connectivity index (χ0v) is 12.3. The quantitative estimate of drug-likeness (QED) is 0.557. The fraction of sp³-hybridized carbons (Fsp3) is 0.231. The molecule has 4 N–H and O–H groups in total. The maximum absolute atomic E-state index is 10.5. The van der Waals surface area contributed by atoms with Crippen LogP contribution in [0.1, 0.15) is 23.6 Å². The van der Waals surface area contributed by atoms with Gasteiger partial charge in [0.1, 0.15) is 0 Å². The number of H-pyrrole nitrogens is 1. The topological polar surface area (TPSA) is 93.0 Å². The third kappa shape index (κ3) is 4.07. The van der Waals surface area contributed by atoms with Crippen molar-refractivity contribution in [1.29, 1.82) is 0 Å². The third-order valence-corrected chi connectivity index (χ3v) is 3.36. The van der Waals surface area contributed by atoms with Gasteiger partial charge in [0.25, 0.3) is 0 Å². The summed E-state index contributed by atoms with van der Waals surface area (Å²) in [5, 5.41) is 0. The summed E-state index contributed by atoms with van der Waals surface area (Å²) in [7, 11) is 0. The van der Waals surface area contributed by atoms with Crippen LogP contribution in [0.5, 0.6) is 0 Å². The van der Waals surface area contributed by atoms with Crippen LogP contribution in [0.3, 0.4) is 0 Å². The standard InChI is InChI=1S/C13H15BrN4O2/c14-10-3-1-9(2-4-10)11(12-7-16-8-17-12)5-6-20-18-13(15)19/h1-4,7-8,11H,5-6H2,(H,16,17)(H3,15,18,19). The second-order valence-corrected chi connectivity index (χ2v) is 5.12. The van der Waals surface area contributed by atoms with Gasteiger partial charge in [-0.3, -0.25) is 4.84 Å². The Morgan fingerprint density at radius 2 is 2.20 bits per heavy atom. The Balaban J connectivity index is 2.05. The number of nitrogens with zero attached hydrogens (tertiary/aromatic N) is 1. The van der Waals surface area contributed by atoms with Gasteiger partial charge in [-0.05, 0) is 24.1 Å². The maximum Gasteiger partial charge on any atom is 0.336 e. The minimum atomic E-state index is -0.704. The van der Waals surface area contributed by atoms with E-state index in [4.69, 9.17) is 10.6 Å². The highest BCUT2D eigenvalue weighted by Gasteiger charge is 2.16. The van der Waals surface area contributed by atoms with Crippen molar-refractivity contribution < 1.29 is 9.63 Å². The molecule has 2 amide bonds. The van der Waals surface area contributed by atoms with E-state index < -0.39 is 6.03 Å². The number of amides is 2. The first-order valence-corrected chi connectivity index (χ1v) is 6.87. The molecule has 1 aromatic carbocycles. The molecule has 106 valence electrons. The van der Waals surface area contributed by atoms with E-state index in [9.17, 15) is 4.79 Å². The van der Waals surface area contributed by atoms with Crippen LogP contribution in [0.4, 0.5) is 4.79 Å². The van der Waals surface area contributed by atoms with E-state index in [1.807, 2.05) is 30.5 Å². The third-order valence-electron chi connectivity index (χ3n) is 2.83. The zero-order valence-electron chi connectivity index (χ0n) is 10.7. The number of aromatic nitrogens is 2. The number of carbonyl (C=O) groups is 1. The summed E-state index contributed by atoms with van der Waals surface area (Å²) >= 11 is 3.42. The van der Waals surface area contributed by atoms with E-state index in [0.717, 1.165) is 15.7 Å². The average Bonchev–Trinajstić information content (AvgIpc) is 2.94. The fourth-order valence-corrected chi connectivity index (χ4v) is 2.21. The molecule has 1 atom stereocenters. The number of rotatable bonds is 6. The van der Waals surface area contributed by atoms with Crippen LogP contribution < -0.4 is 11.2 Å². The van der Waals surface area contributed by atoms with E-state index in [-0.39, 0.29) is 5.92 Å². The summed E-state index contributed by atoms with van der Waals surface area (Å²) in [4.78, 5) is 22.8. The number of hydroxylamine groups is 1. The molecule has 20 heavy (non-hydrogen) atoms. The normalized spacial score (nSPS) is 12.1. The Hall–Kier alpha value is -1.86. The van der Waals surface area contributed by atoms with Crippen molar-refractivity contribution in [3.05, 3.63) is 52.5 Å². The fourth-order valence-electron chi connectivity index (χ4n) is 1.94. The van der Waals surface area contributed by atoms with Gasteiger partial charge in [-0.2, -0.15) is 0 Å². The number of hydrogen-bond acceptors (Lipinski definition) is 3. The molecule has 0 spiro atoms. The number of benzene rings is 1. The summed E-state index contributed by atoms with van der Waals surface area (Å²) in [5.41, 5.74) is 9.10. The van der Waals surface area contributed by atoms with Crippen LogP contribution in [-0.4, -0.2) is 22.6 Å². The van der Waals surface area contributed by atoms with Crippen LogP contribution in [-0.2, 0) is 4.84 Å². The van der Waals surface area contributed by atoms with Gasteiger partial charge in [-0.15, -0.1) is 0 Å². The van der Waals surface area contributed by atoms with E-state index in [0.29, 0.717) is 13.0 Å². The molecule has 0 aliphatic rings. The first-order valence-electron chi connectivity index (χ1n) is 6.08. The van der Waals surface area contributed by atoms with Gasteiger partial charge in [0.15, 0.2) is 0 Å². The highest BCUT2D eigenvalue weighted by molar-refractivity contribution is 9.10. The van der Waals surface area contributed by atoms with Gasteiger partial charge < -0.3 is 10.7 Å². The summed E-state index contributed by atoms with van der Waals surface area (Å²) in [5.74, 6) is 0.0871. The number of aromatic amines is 1. The molecule has 2 aromatic rings. The lowest BCUT2D eigenvalue weighted by Gasteiger charge is -2.15. The summed E-state index contributed by atoms with van der Waals surface area (Å²) in [6.45, 7) is 0.344. The number of nitrogens with one attached hydrogen (secondary N) is 2. The first kappa shape index (κ1) is 14.5. The minimum absolute atomic E-state index is 0.0871. The summed E-state index contributed by atoms with van der Waals surface area (Å²) in [6, 6.07) is 7.33. The van der Waals surface area contributed by atoms with Gasteiger partial charge in [-0.1, -0.05) is 28.1 Å². The number of hydrogen-bond donors (Lipinski definition) is 3. The lowest BCUT2D eigenvalue weighted by atomic mass is 9.93. The van der Waals surface area contributed by atoms with Crippen LogP contribution in [0, 0.1) is 0 Å². The largest absolute Gasteiger partial charge is 0.351 e. The van der Waals surface area contributed by atoms with Crippen molar-refractivity contribution in [2.45, 2.75) is 12.3 Å². The van der Waals surface area contributed by atoms with Gasteiger partial charge in [-0.25, -0.2) is 15.3 Å². The predicted molar refractivity (Wildman–Crippen MR) is 77.9 cm³/mol. The number of nitrogens with two attached hydrogens (primary N) is 1. The highest BCUT2D eigenvalue weighted by atomic mass is 79.9. The van der Waals surface area contributed by atoms with E-state index in [1.165, 1.54) is 0 Å². The molecule has 1 unspecified atom stereocenters. The van der Waals surface area contributed by atoms with Crippen molar-refractivity contribution in [3.8, 4) is 0 Å². The molecule has 7 heteroatoms. The second kappa shape index (κ2) is 7.06. The SMILES string of the molecule is NC(=O)NOCCC(c1ccc(Br)cc1)c1c[nH]cn1. The molecule has 1 heterocycles. The smallest absolute Gasteiger partial charge is 0.336 e. The Bertz CT molecular complexity index is 542. The molecule has 1 aromatic heterocycles. The van der Waals surface area contributed by atoms with Gasteiger partial charge >= 0.3 is 6.03 Å². The Kier molecular flexibility index (Phi) is 5.14. The molecular formula is C13H15BrN4O2. The van der Waals surface area contributed by atoms with Crippen molar-refractivity contribution >= 4 is 22.0 Å². The molecule has 6 nitrogen and oxygen atoms in total. The Morgan fingerprint density at radius 1 is 1.45 bits per heavy atom. The van der Waals surface area contributed by atoms with Crippen LogP contribution >= 0.6 is 15.9 Å². The zero-order chi connectivity index (χ0) is 14.4. The van der Waals surface area contributed by atoms with Crippen molar-refractivity contribution in [3.63, 3.8) is 0 Å². The lowest BCUT2D eigenvalue weighted by molar-refractivity contribution is 0.0609. The number of urea groups is 1. The van der Waals surface area contributed by atoms with Crippen molar-refractivity contribution in [2.75, 3.05) is 6.61 Å². The van der Waals surface area contributed by atoms with Crippen molar-refractivity contribution in [2.24, 2.45) is 5.73 Å². The Morgan fingerprint density at radius 3 is 2.80 bits per heavy atom. The lowest BCUT2D eigenvalue weighted by Crippen LogP contribution is -2.30. The molecule has 0 bridgehead atoms. The van der Waals surface area contributed by atoms with Crippen LogP contribution in [0.25, 0.3) is 0 Å². The molecule has 2 rings (SSSR count). The minimum Gasteiger partial charge on any atom is -0.351 e. The molecule has 0 radical (unpaired) electrons. The number of carbonyl (C=O) groups excluding carboxylic acids is 1. The summed E-state index contributed by atoms with van der Waals surface area (Å²) < 4.78 is 1.02. The molecule has 0 fully saturated rings. The molecule has 0 aliphatic carbocycles. The van der Waals surface area contributed by atoms with Gasteiger partial charge in [0.2, 0.25) is 0 Å². The second-order valence-electron chi connectivity index (χ2n) is 4.20. The first-order chi connectivity index (χ1) is 9.66. The van der Waals surface area contributed by atoms with Crippen LogP contribution in [0.15, 0.2) is 41.3 Å². The predicted octanol–water partition coefficient (Wildman–Crippen LogP) is 2.29. The molecule has 0 aliphatic heterocycles. The molecule has 0 saturated heterocycles. The molecular weight excluding hydrogens is 324 g/mol. The van der Waals surface area contributed by atoms with Gasteiger partial charge in [0, 0.05) is 16.6 Å². The van der Waals surface area contributed by atoms with E-state index >= 15 is 0 Å². The average molecular weight is 339 g/mol. The molecule has 0 saturated carbocycles. The number of primary amides is 1. The van der Waals surface area contributed by atoms with E-state index in [2.05, 4.69) is 31.4 Å². The van der Waals surface area contributed by atoms with Crippen LogP contribution in [0.2, 0.25) is 0 Å². The highest BCUT2D eigenvalue weighted by Crippen LogP contribution is 2.27. The maximum atomic E-state index is 10.5.